The third kappa shape index (κ3) is 4.03. The number of fused-ring (bicyclic) bond motifs is 3. The van der Waals surface area contributed by atoms with Gasteiger partial charge in [0.25, 0.3) is 5.56 Å². The molecule has 2 heterocycles. The maximum Gasteiger partial charge on any atom is 0.372 e. The lowest BCUT2D eigenvalue weighted by molar-refractivity contribution is 0.0683. The van der Waals surface area contributed by atoms with Crippen molar-refractivity contribution >= 4 is 27.5 Å². The summed E-state index contributed by atoms with van der Waals surface area (Å²) >= 11 is 1.44. The van der Waals surface area contributed by atoms with Crippen LogP contribution in [0.3, 0.4) is 0 Å². The number of hydrogen-bond donors (Lipinski definition) is 3. The number of benzene rings is 2. The van der Waals surface area contributed by atoms with E-state index < -0.39 is 5.97 Å². The second-order valence-electron chi connectivity index (χ2n) is 7.02. The number of hydrogen-bond acceptors (Lipinski definition) is 5. The van der Waals surface area contributed by atoms with E-state index >= 15 is 0 Å². The minimum absolute atomic E-state index is 0.280. The summed E-state index contributed by atoms with van der Waals surface area (Å²) in [6.07, 6.45) is 2.93. The van der Waals surface area contributed by atoms with Crippen LogP contribution in [0.25, 0.3) is 21.3 Å². The zero-order valence-corrected chi connectivity index (χ0v) is 17.0. The van der Waals surface area contributed by atoms with Crippen molar-refractivity contribution < 1.29 is 9.90 Å². The highest BCUT2D eigenvalue weighted by atomic mass is 32.1. The minimum Gasteiger partial charge on any atom is -0.475 e. The number of aromatic nitrogens is 2. The highest BCUT2D eigenvalue weighted by Gasteiger charge is 2.22. The number of carbonyl (C=O) groups is 1. The van der Waals surface area contributed by atoms with Crippen LogP contribution in [-0.4, -0.2) is 21.0 Å². The minimum atomic E-state index is -1.20. The fourth-order valence-electron chi connectivity index (χ4n) is 3.57. The second kappa shape index (κ2) is 8.61. The Morgan fingerprint density at radius 3 is 2.43 bits per heavy atom. The lowest BCUT2D eigenvalue weighted by Gasteiger charge is -2.02. The van der Waals surface area contributed by atoms with Gasteiger partial charge in [-0.05, 0) is 41.5 Å². The van der Waals surface area contributed by atoms with E-state index in [1.54, 1.807) is 0 Å². The van der Waals surface area contributed by atoms with Crippen molar-refractivity contribution in [1.82, 2.24) is 9.97 Å². The number of H-pyrrole nitrogens is 1. The Balaban J connectivity index is 0.000000147. The molecule has 0 unspecified atom stereocenters. The van der Waals surface area contributed by atoms with Crippen LogP contribution in [0.5, 0.6) is 0 Å². The Kier molecular flexibility index (Phi) is 5.74. The molecule has 0 bridgehead atoms. The van der Waals surface area contributed by atoms with Gasteiger partial charge in [0.05, 0.1) is 5.39 Å². The largest absolute Gasteiger partial charge is 0.475 e. The average molecular weight is 420 g/mol. The zero-order valence-electron chi connectivity index (χ0n) is 16.2. The van der Waals surface area contributed by atoms with Crippen LogP contribution in [0.4, 0.5) is 0 Å². The van der Waals surface area contributed by atoms with Crippen molar-refractivity contribution in [3.8, 4) is 11.1 Å². The van der Waals surface area contributed by atoms with Crippen molar-refractivity contribution in [2.45, 2.75) is 25.8 Å². The summed E-state index contributed by atoms with van der Waals surface area (Å²) in [5, 5.41) is 9.37. The van der Waals surface area contributed by atoms with E-state index in [2.05, 4.69) is 46.4 Å². The van der Waals surface area contributed by atoms with Gasteiger partial charge in [-0.15, -0.1) is 11.3 Å². The SMILES string of the molecule is NCc1ccc(-c2ccccc2)cc1.O=C(O)c1nc2sc3c(c2c(=O)[nH]1)CCC3. The molecule has 0 atom stereocenters. The van der Waals surface area contributed by atoms with E-state index in [1.165, 1.54) is 32.9 Å². The third-order valence-electron chi connectivity index (χ3n) is 5.07. The Morgan fingerprint density at radius 1 is 1.07 bits per heavy atom. The molecule has 4 N–H and O–H groups in total. The van der Waals surface area contributed by atoms with Gasteiger partial charge in [0, 0.05) is 11.4 Å². The predicted octanol–water partition coefficient (Wildman–Crippen LogP) is 3.98. The van der Waals surface area contributed by atoms with Crippen LogP contribution in [-0.2, 0) is 19.4 Å². The molecule has 2 aromatic heterocycles. The van der Waals surface area contributed by atoms with E-state index in [0.717, 1.165) is 24.8 Å². The molecule has 0 spiro atoms. The normalized spacial score (nSPS) is 12.3. The first kappa shape index (κ1) is 20.0. The Morgan fingerprint density at radius 2 is 1.77 bits per heavy atom. The van der Waals surface area contributed by atoms with E-state index in [1.807, 2.05) is 18.2 Å². The molecule has 2 aromatic carbocycles. The summed E-state index contributed by atoms with van der Waals surface area (Å²) in [6.45, 7) is 0.606. The molecule has 1 aliphatic rings. The number of aryl methyl sites for hydroxylation is 2. The predicted molar refractivity (Wildman–Crippen MR) is 119 cm³/mol. The van der Waals surface area contributed by atoms with E-state index in [0.29, 0.717) is 16.8 Å². The molecule has 4 aromatic rings. The highest BCUT2D eigenvalue weighted by Crippen LogP contribution is 2.34. The summed E-state index contributed by atoms with van der Waals surface area (Å²) in [6, 6.07) is 18.7. The smallest absolute Gasteiger partial charge is 0.372 e. The third-order valence-corrected chi connectivity index (χ3v) is 6.26. The van der Waals surface area contributed by atoms with Gasteiger partial charge in [-0.3, -0.25) is 4.79 Å². The molecular formula is C23H21N3O3S. The molecule has 30 heavy (non-hydrogen) atoms. The lowest BCUT2D eigenvalue weighted by atomic mass is 10.0. The number of thiophene rings is 1. The molecule has 5 rings (SSSR count). The Labute approximate surface area is 177 Å². The van der Waals surface area contributed by atoms with E-state index in [-0.39, 0.29) is 11.4 Å². The van der Waals surface area contributed by atoms with E-state index in [4.69, 9.17) is 10.8 Å². The van der Waals surface area contributed by atoms with Gasteiger partial charge >= 0.3 is 5.97 Å². The van der Waals surface area contributed by atoms with Gasteiger partial charge in [0.2, 0.25) is 5.82 Å². The van der Waals surface area contributed by atoms with Gasteiger partial charge in [0.15, 0.2) is 0 Å². The van der Waals surface area contributed by atoms with Gasteiger partial charge in [-0.2, -0.15) is 0 Å². The van der Waals surface area contributed by atoms with Crippen LogP contribution < -0.4 is 11.3 Å². The summed E-state index contributed by atoms with van der Waals surface area (Å²) in [5.74, 6) is -1.48. The Bertz CT molecular complexity index is 1240. The number of rotatable bonds is 3. The quantitative estimate of drug-likeness (QED) is 0.465. The molecule has 7 heteroatoms. The molecule has 152 valence electrons. The fraction of sp³-hybridized carbons (Fsp3) is 0.174. The van der Waals surface area contributed by atoms with Crippen molar-refractivity contribution in [2.24, 2.45) is 5.73 Å². The van der Waals surface area contributed by atoms with Gasteiger partial charge < -0.3 is 15.8 Å². The summed E-state index contributed by atoms with van der Waals surface area (Å²) in [7, 11) is 0. The average Bonchev–Trinajstić information content (AvgIpc) is 3.36. The fourth-order valence-corrected chi connectivity index (χ4v) is 4.83. The highest BCUT2D eigenvalue weighted by molar-refractivity contribution is 7.18. The lowest BCUT2D eigenvalue weighted by Crippen LogP contribution is -2.15. The molecular weight excluding hydrogens is 398 g/mol. The number of nitrogens with zero attached hydrogens (tertiary/aromatic N) is 1. The van der Waals surface area contributed by atoms with Crippen molar-refractivity contribution in [3.05, 3.63) is 86.8 Å². The molecule has 0 saturated heterocycles. The van der Waals surface area contributed by atoms with Gasteiger partial charge in [0.1, 0.15) is 4.83 Å². The van der Waals surface area contributed by atoms with Crippen LogP contribution in [0.2, 0.25) is 0 Å². The van der Waals surface area contributed by atoms with Crippen molar-refractivity contribution in [3.63, 3.8) is 0 Å². The number of carboxylic acids is 1. The maximum absolute atomic E-state index is 11.8. The maximum atomic E-state index is 11.8. The second-order valence-corrected chi connectivity index (χ2v) is 8.11. The summed E-state index contributed by atoms with van der Waals surface area (Å²) < 4.78 is 0. The molecule has 0 radical (unpaired) electrons. The van der Waals surface area contributed by atoms with E-state index in [9.17, 15) is 9.59 Å². The first-order valence-electron chi connectivity index (χ1n) is 9.69. The number of carboxylic acid groups (broad SMARTS) is 1. The van der Waals surface area contributed by atoms with Crippen molar-refractivity contribution in [2.75, 3.05) is 0 Å². The number of nitrogens with two attached hydrogens (primary N) is 1. The van der Waals surface area contributed by atoms with Crippen molar-refractivity contribution in [1.29, 1.82) is 0 Å². The first-order valence-corrected chi connectivity index (χ1v) is 10.5. The molecule has 0 aliphatic heterocycles. The molecule has 0 saturated carbocycles. The van der Waals surface area contributed by atoms with Crippen LogP contribution in [0.15, 0.2) is 59.4 Å². The van der Waals surface area contributed by atoms with Gasteiger partial charge in [-0.25, -0.2) is 9.78 Å². The summed E-state index contributed by atoms with van der Waals surface area (Å²) in [4.78, 5) is 30.5. The van der Waals surface area contributed by atoms with Crippen LogP contribution in [0.1, 0.15) is 33.0 Å². The molecule has 0 amide bonds. The van der Waals surface area contributed by atoms with Crippen LogP contribution in [0, 0.1) is 0 Å². The molecule has 1 aliphatic carbocycles. The summed E-state index contributed by atoms with van der Waals surface area (Å²) in [5.41, 5.74) is 9.92. The number of aromatic amines is 1. The Hall–Kier alpha value is -3.29. The molecule has 6 nitrogen and oxygen atoms in total. The van der Waals surface area contributed by atoms with Crippen LogP contribution >= 0.6 is 11.3 Å². The van der Waals surface area contributed by atoms with Gasteiger partial charge in [-0.1, -0.05) is 54.6 Å². The number of aromatic carboxylic acids is 1. The zero-order chi connectivity index (χ0) is 21.1. The first-order chi connectivity index (χ1) is 14.6. The molecule has 0 fully saturated rings. The topological polar surface area (TPSA) is 109 Å². The number of nitrogens with one attached hydrogen (secondary N) is 1. The standard InChI is InChI=1S/C13H13N.C10H8N2O3S/c14-10-11-6-8-13(9-7-11)12-4-2-1-3-5-12;13-8-6-4-2-1-3-5(4)16-9(6)12-7(11-8)10(14)15/h1-9H,10,14H2;1-3H2,(H,14,15)(H,11,12,13). The monoisotopic (exact) mass is 419 g/mol.